The molecule has 0 radical (unpaired) electrons. The first-order chi connectivity index (χ1) is 11.0. The molecule has 0 saturated carbocycles. The van der Waals surface area contributed by atoms with Crippen molar-refractivity contribution >= 4 is 17.4 Å². The molecule has 0 aliphatic heterocycles. The number of carbonyl (C=O) groups excluding carboxylic acids is 2. The Labute approximate surface area is 137 Å². The van der Waals surface area contributed by atoms with Gasteiger partial charge < -0.3 is 4.74 Å². The largest absolute Gasteiger partial charge is 0.497 e. The first-order valence-electron chi connectivity index (χ1n) is 7.91. The highest BCUT2D eigenvalue weighted by Gasteiger charge is 2.26. The van der Waals surface area contributed by atoms with E-state index in [0.717, 1.165) is 41.0 Å². The molecule has 0 bridgehead atoms. The number of Topliss-reactive ketones (excluding diaryl/α,β-unsaturated/α-hetero) is 1. The van der Waals surface area contributed by atoms with Crippen LogP contribution < -0.4 is 9.64 Å². The molecule has 1 aromatic rings. The Bertz CT molecular complexity index is 668. The molecule has 122 valence electrons. The SMILES string of the molecule is CCC1=C(CC)/C(=C/N(C(C)=O)c2ccc(OC)cc2)CC1=O. The van der Waals surface area contributed by atoms with E-state index in [1.165, 1.54) is 6.92 Å². The van der Waals surface area contributed by atoms with Gasteiger partial charge in [-0.3, -0.25) is 14.5 Å². The van der Waals surface area contributed by atoms with Gasteiger partial charge in [0.1, 0.15) is 5.75 Å². The number of rotatable bonds is 5. The average molecular weight is 313 g/mol. The fourth-order valence-electron chi connectivity index (χ4n) is 2.97. The third-order valence-corrected chi connectivity index (χ3v) is 4.12. The van der Waals surface area contributed by atoms with Gasteiger partial charge >= 0.3 is 0 Å². The summed E-state index contributed by atoms with van der Waals surface area (Å²) in [5.74, 6) is 0.827. The van der Waals surface area contributed by atoms with E-state index in [4.69, 9.17) is 4.74 Å². The molecule has 4 nitrogen and oxygen atoms in total. The lowest BCUT2D eigenvalue weighted by molar-refractivity contribution is -0.116. The lowest BCUT2D eigenvalue weighted by Gasteiger charge is -2.19. The molecule has 2 rings (SSSR count). The number of hydrogen-bond acceptors (Lipinski definition) is 3. The zero-order chi connectivity index (χ0) is 17.0. The zero-order valence-corrected chi connectivity index (χ0v) is 14.2. The normalized spacial score (nSPS) is 16.2. The minimum atomic E-state index is -0.0875. The van der Waals surface area contributed by atoms with Gasteiger partial charge in [-0.25, -0.2) is 0 Å². The Morgan fingerprint density at radius 3 is 2.26 bits per heavy atom. The molecule has 1 amide bonds. The van der Waals surface area contributed by atoms with Crippen LogP contribution in [-0.2, 0) is 9.59 Å². The number of ether oxygens (including phenoxy) is 1. The molecule has 23 heavy (non-hydrogen) atoms. The smallest absolute Gasteiger partial charge is 0.227 e. The summed E-state index contributed by atoms with van der Waals surface area (Å²) in [6, 6.07) is 7.31. The van der Waals surface area contributed by atoms with Crippen LogP contribution in [0.2, 0.25) is 0 Å². The quantitative estimate of drug-likeness (QED) is 0.825. The number of amides is 1. The summed E-state index contributed by atoms with van der Waals surface area (Å²) in [6.45, 7) is 5.56. The van der Waals surface area contributed by atoms with Gasteiger partial charge in [0.05, 0.1) is 7.11 Å². The topological polar surface area (TPSA) is 46.6 Å². The number of allylic oxidation sites excluding steroid dienone is 3. The minimum Gasteiger partial charge on any atom is -0.497 e. The van der Waals surface area contributed by atoms with Gasteiger partial charge in [0.25, 0.3) is 0 Å². The number of nitrogens with zero attached hydrogens (tertiary/aromatic N) is 1. The summed E-state index contributed by atoms with van der Waals surface area (Å²) in [5, 5.41) is 0. The van der Waals surface area contributed by atoms with E-state index in [9.17, 15) is 9.59 Å². The van der Waals surface area contributed by atoms with Crippen molar-refractivity contribution in [2.75, 3.05) is 12.0 Å². The molecule has 0 fully saturated rings. The predicted molar refractivity (Wildman–Crippen MR) is 91.5 cm³/mol. The summed E-state index contributed by atoms with van der Waals surface area (Å²) in [5.41, 5.74) is 3.69. The molecule has 0 unspecified atom stereocenters. The molecule has 0 saturated heterocycles. The van der Waals surface area contributed by atoms with E-state index in [1.807, 2.05) is 44.3 Å². The van der Waals surface area contributed by atoms with Crippen molar-refractivity contribution < 1.29 is 14.3 Å². The lowest BCUT2D eigenvalue weighted by atomic mass is 10.0. The Morgan fingerprint density at radius 1 is 1.17 bits per heavy atom. The third kappa shape index (κ3) is 3.52. The Hall–Kier alpha value is -2.36. The van der Waals surface area contributed by atoms with Gasteiger partial charge in [0.2, 0.25) is 5.91 Å². The van der Waals surface area contributed by atoms with E-state index in [0.29, 0.717) is 6.42 Å². The van der Waals surface area contributed by atoms with Gasteiger partial charge in [-0.2, -0.15) is 0 Å². The number of carbonyl (C=O) groups is 2. The van der Waals surface area contributed by atoms with Crippen LogP contribution in [0, 0.1) is 0 Å². The van der Waals surface area contributed by atoms with Gasteiger partial charge in [-0.05, 0) is 53.8 Å². The number of benzene rings is 1. The maximum atomic E-state index is 12.1. The Morgan fingerprint density at radius 2 is 1.78 bits per heavy atom. The fraction of sp³-hybridized carbons (Fsp3) is 0.368. The average Bonchev–Trinajstić information content (AvgIpc) is 2.86. The maximum absolute atomic E-state index is 12.1. The van der Waals surface area contributed by atoms with E-state index >= 15 is 0 Å². The van der Waals surface area contributed by atoms with Crippen LogP contribution in [0.5, 0.6) is 5.75 Å². The Kier molecular flexibility index (Phi) is 5.37. The second-order valence-electron chi connectivity index (χ2n) is 5.51. The molecule has 0 heterocycles. The van der Waals surface area contributed by atoms with Crippen molar-refractivity contribution in [2.24, 2.45) is 0 Å². The van der Waals surface area contributed by atoms with Crippen molar-refractivity contribution in [3.8, 4) is 5.75 Å². The molecule has 0 atom stereocenters. The second kappa shape index (κ2) is 7.27. The molecule has 1 aromatic carbocycles. The van der Waals surface area contributed by atoms with E-state index in [2.05, 4.69) is 0 Å². The van der Waals surface area contributed by atoms with Crippen molar-refractivity contribution in [1.82, 2.24) is 0 Å². The predicted octanol–water partition coefficient (Wildman–Crippen LogP) is 4.02. The third-order valence-electron chi connectivity index (χ3n) is 4.12. The molecule has 1 aliphatic carbocycles. The van der Waals surface area contributed by atoms with Gasteiger partial charge in [-0.15, -0.1) is 0 Å². The monoisotopic (exact) mass is 313 g/mol. The summed E-state index contributed by atoms with van der Waals surface area (Å²) >= 11 is 0. The maximum Gasteiger partial charge on any atom is 0.227 e. The van der Waals surface area contributed by atoms with Crippen molar-refractivity contribution in [2.45, 2.75) is 40.0 Å². The van der Waals surface area contributed by atoms with E-state index in [1.54, 1.807) is 12.0 Å². The molecule has 4 heteroatoms. The number of methoxy groups -OCH3 is 1. The summed E-state index contributed by atoms with van der Waals surface area (Å²) in [4.78, 5) is 25.8. The van der Waals surface area contributed by atoms with Crippen LogP contribution in [0.3, 0.4) is 0 Å². The standard InChI is InChI=1S/C19H23NO3/c1-5-17-14(11-19(22)18(17)6-2)12-20(13(3)21)15-7-9-16(23-4)10-8-15/h7-10,12H,5-6,11H2,1-4H3/b14-12+. The van der Waals surface area contributed by atoms with Crippen LogP contribution in [0.15, 0.2) is 47.2 Å². The molecular formula is C19H23NO3. The molecule has 0 aromatic heterocycles. The van der Waals surface area contributed by atoms with Gasteiger partial charge in [-0.1, -0.05) is 13.8 Å². The second-order valence-corrected chi connectivity index (χ2v) is 5.51. The van der Waals surface area contributed by atoms with Crippen molar-refractivity contribution in [3.63, 3.8) is 0 Å². The van der Waals surface area contributed by atoms with Crippen LogP contribution in [0.25, 0.3) is 0 Å². The first kappa shape index (κ1) is 17.0. The summed E-state index contributed by atoms with van der Waals surface area (Å²) < 4.78 is 5.15. The van der Waals surface area contributed by atoms with Crippen molar-refractivity contribution in [3.05, 3.63) is 47.2 Å². The highest BCUT2D eigenvalue weighted by atomic mass is 16.5. The number of ketones is 1. The van der Waals surface area contributed by atoms with Crippen LogP contribution in [-0.4, -0.2) is 18.8 Å². The van der Waals surface area contributed by atoms with Gasteiger partial charge in [0.15, 0.2) is 5.78 Å². The summed E-state index contributed by atoms with van der Waals surface area (Å²) in [6.07, 6.45) is 3.73. The van der Waals surface area contributed by atoms with Gasteiger partial charge in [0, 0.05) is 25.2 Å². The van der Waals surface area contributed by atoms with Crippen molar-refractivity contribution in [1.29, 1.82) is 0 Å². The first-order valence-corrected chi connectivity index (χ1v) is 7.91. The van der Waals surface area contributed by atoms with Crippen LogP contribution >= 0.6 is 0 Å². The number of anilines is 1. The lowest BCUT2D eigenvalue weighted by Crippen LogP contribution is -2.22. The zero-order valence-electron chi connectivity index (χ0n) is 14.2. The van der Waals surface area contributed by atoms with E-state index < -0.39 is 0 Å². The highest BCUT2D eigenvalue weighted by Crippen LogP contribution is 2.34. The Balaban J connectivity index is 2.41. The molecule has 0 spiro atoms. The molecule has 1 aliphatic rings. The number of hydrogen-bond donors (Lipinski definition) is 0. The minimum absolute atomic E-state index is 0.0875. The van der Waals surface area contributed by atoms with Crippen LogP contribution in [0.1, 0.15) is 40.0 Å². The summed E-state index contributed by atoms with van der Waals surface area (Å²) in [7, 11) is 1.61. The van der Waals surface area contributed by atoms with Crippen LogP contribution in [0.4, 0.5) is 5.69 Å². The fourth-order valence-corrected chi connectivity index (χ4v) is 2.97. The molecule has 0 N–H and O–H groups in total. The highest BCUT2D eigenvalue weighted by molar-refractivity contribution is 6.03. The van der Waals surface area contributed by atoms with E-state index in [-0.39, 0.29) is 11.7 Å². The molecular weight excluding hydrogens is 290 g/mol.